The first-order valence-electron chi connectivity index (χ1n) is 8.53. The van der Waals surface area contributed by atoms with Crippen LogP contribution in [0.4, 0.5) is 18.9 Å². The fraction of sp³-hybridized carbons (Fsp3) is 0.333. The van der Waals surface area contributed by atoms with Gasteiger partial charge in [0.15, 0.2) is 11.5 Å². The second kappa shape index (κ2) is 8.05. The number of rotatable bonds is 6. The predicted molar refractivity (Wildman–Crippen MR) is 95.8 cm³/mol. The Morgan fingerprint density at radius 2 is 1.83 bits per heavy atom. The molecule has 1 aliphatic heterocycles. The first-order chi connectivity index (χ1) is 14.1. The van der Waals surface area contributed by atoms with Gasteiger partial charge in [-0.05, 0) is 6.07 Å². The third-order valence-corrected chi connectivity index (χ3v) is 4.41. The van der Waals surface area contributed by atoms with E-state index in [-0.39, 0.29) is 36.0 Å². The van der Waals surface area contributed by atoms with Gasteiger partial charge in [-0.1, -0.05) is 0 Å². The number of aromatic nitrogens is 1. The monoisotopic (exact) mass is 427 g/mol. The lowest BCUT2D eigenvalue weighted by molar-refractivity contribution is -0.385. The summed E-state index contributed by atoms with van der Waals surface area (Å²) in [6.07, 6.45) is -4.15. The Kier molecular flexibility index (Phi) is 5.67. The minimum Gasteiger partial charge on any atom is -0.493 e. The van der Waals surface area contributed by atoms with Crippen LogP contribution in [0.3, 0.4) is 0 Å². The van der Waals surface area contributed by atoms with E-state index in [1.165, 1.54) is 25.2 Å². The molecule has 0 N–H and O–H groups in total. The third kappa shape index (κ3) is 4.21. The van der Waals surface area contributed by atoms with E-state index in [9.17, 15) is 28.1 Å². The lowest BCUT2D eigenvalue weighted by Gasteiger charge is -2.38. The molecule has 12 heteroatoms. The quantitative estimate of drug-likeness (QED) is 0.516. The smallest absolute Gasteiger partial charge is 0.416 e. The van der Waals surface area contributed by atoms with Gasteiger partial charge >= 0.3 is 6.18 Å². The van der Waals surface area contributed by atoms with Crippen molar-refractivity contribution in [1.82, 2.24) is 9.88 Å². The van der Waals surface area contributed by atoms with E-state index in [0.717, 1.165) is 24.4 Å². The summed E-state index contributed by atoms with van der Waals surface area (Å²) >= 11 is 0. The number of alkyl halides is 3. The average molecular weight is 427 g/mol. The van der Waals surface area contributed by atoms with Gasteiger partial charge in [0.05, 0.1) is 43.9 Å². The molecule has 2 aromatic rings. The Morgan fingerprint density at radius 1 is 1.20 bits per heavy atom. The minimum absolute atomic E-state index is 0.0300. The van der Waals surface area contributed by atoms with E-state index in [0.29, 0.717) is 0 Å². The molecular formula is C18H16F3N3O6. The number of nitrogens with zero attached hydrogens (tertiary/aromatic N) is 3. The van der Waals surface area contributed by atoms with Crippen molar-refractivity contribution in [3.8, 4) is 17.4 Å². The number of ether oxygens (including phenoxy) is 3. The molecule has 1 saturated heterocycles. The number of methoxy groups -OCH3 is 2. The number of carbonyl (C=O) groups excluding carboxylic acids is 1. The van der Waals surface area contributed by atoms with Crippen LogP contribution in [-0.4, -0.2) is 54.1 Å². The van der Waals surface area contributed by atoms with Crippen molar-refractivity contribution in [2.24, 2.45) is 0 Å². The maximum atomic E-state index is 12.8. The van der Waals surface area contributed by atoms with Gasteiger partial charge in [-0.2, -0.15) is 13.2 Å². The molecule has 0 aliphatic carbocycles. The summed E-state index contributed by atoms with van der Waals surface area (Å²) in [7, 11) is 2.63. The van der Waals surface area contributed by atoms with Gasteiger partial charge in [0.25, 0.3) is 11.6 Å². The van der Waals surface area contributed by atoms with Crippen LogP contribution in [0.1, 0.15) is 15.9 Å². The van der Waals surface area contributed by atoms with E-state index in [4.69, 9.17) is 14.2 Å². The van der Waals surface area contributed by atoms with E-state index < -0.39 is 34.4 Å². The first-order valence-corrected chi connectivity index (χ1v) is 8.53. The van der Waals surface area contributed by atoms with Gasteiger partial charge in [-0.15, -0.1) is 0 Å². The SMILES string of the molecule is COc1cc(C(=O)N2CC(Oc3cc(C(F)(F)F)ccn3)C2)c([N+](=O)[O-])cc1OC. The van der Waals surface area contributed by atoms with Gasteiger partial charge in [-0.3, -0.25) is 14.9 Å². The van der Waals surface area contributed by atoms with Crippen molar-refractivity contribution < 1.29 is 37.1 Å². The number of nitro groups is 1. The molecule has 30 heavy (non-hydrogen) atoms. The van der Waals surface area contributed by atoms with Gasteiger partial charge in [0, 0.05) is 18.3 Å². The topological polar surface area (TPSA) is 104 Å². The summed E-state index contributed by atoms with van der Waals surface area (Å²) in [6, 6.07) is 3.89. The number of nitro benzene ring substituents is 1. The Morgan fingerprint density at radius 3 is 2.40 bits per heavy atom. The van der Waals surface area contributed by atoms with Gasteiger partial charge in [0.2, 0.25) is 5.88 Å². The highest BCUT2D eigenvalue weighted by atomic mass is 19.4. The number of carbonyl (C=O) groups is 1. The van der Waals surface area contributed by atoms with E-state index in [1.54, 1.807) is 0 Å². The number of hydrogen-bond donors (Lipinski definition) is 0. The molecule has 0 radical (unpaired) electrons. The molecule has 3 rings (SSSR count). The molecule has 1 fully saturated rings. The Hall–Kier alpha value is -3.57. The maximum absolute atomic E-state index is 12.8. The van der Waals surface area contributed by atoms with Crippen molar-refractivity contribution >= 4 is 11.6 Å². The highest BCUT2D eigenvalue weighted by Crippen LogP contribution is 2.36. The molecule has 0 unspecified atom stereocenters. The van der Waals surface area contributed by atoms with Crippen LogP contribution >= 0.6 is 0 Å². The molecule has 1 amide bonds. The summed E-state index contributed by atoms with van der Waals surface area (Å²) < 4.78 is 53.8. The van der Waals surface area contributed by atoms with Crippen LogP contribution in [0.5, 0.6) is 17.4 Å². The van der Waals surface area contributed by atoms with Crippen LogP contribution in [0.15, 0.2) is 30.5 Å². The van der Waals surface area contributed by atoms with Gasteiger partial charge in [-0.25, -0.2) is 4.98 Å². The molecule has 1 aliphatic rings. The zero-order chi connectivity index (χ0) is 22.1. The van der Waals surface area contributed by atoms with E-state index >= 15 is 0 Å². The van der Waals surface area contributed by atoms with Crippen molar-refractivity contribution in [1.29, 1.82) is 0 Å². The van der Waals surface area contributed by atoms with Crippen molar-refractivity contribution in [2.45, 2.75) is 12.3 Å². The molecule has 2 heterocycles. The zero-order valence-electron chi connectivity index (χ0n) is 15.8. The van der Waals surface area contributed by atoms with Crippen molar-refractivity contribution in [3.63, 3.8) is 0 Å². The number of pyridine rings is 1. The van der Waals surface area contributed by atoms with Gasteiger partial charge in [0.1, 0.15) is 11.7 Å². The normalized spacial score (nSPS) is 14.1. The average Bonchev–Trinajstić information content (AvgIpc) is 2.68. The summed E-state index contributed by atoms with van der Waals surface area (Å²) in [5.41, 5.74) is -1.56. The molecular weight excluding hydrogens is 411 g/mol. The summed E-state index contributed by atoms with van der Waals surface area (Å²) in [5.74, 6) is -0.618. The highest BCUT2D eigenvalue weighted by molar-refractivity contribution is 5.99. The van der Waals surface area contributed by atoms with Crippen LogP contribution in [0, 0.1) is 10.1 Å². The molecule has 0 atom stereocenters. The molecule has 1 aromatic carbocycles. The number of hydrogen-bond acceptors (Lipinski definition) is 7. The van der Waals surface area contributed by atoms with Gasteiger partial charge < -0.3 is 19.1 Å². The van der Waals surface area contributed by atoms with Crippen LogP contribution in [0.25, 0.3) is 0 Å². The Bertz CT molecular complexity index is 976. The number of amides is 1. The molecule has 0 saturated carbocycles. The second-order valence-corrected chi connectivity index (χ2v) is 6.31. The number of benzene rings is 1. The third-order valence-electron chi connectivity index (χ3n) is 4.41. The maximum Gasteiger partial charge on any atom is 0.416 e. The summed E-state index contributed by atoms with van der Waals surface area (Å²) in [4.78, 5) is 28.4. The molecule has 0 bridgehead atoms. The van der Waals surface area contributed by atoms with Crippen LogP contribution < -0.4 is 14.2 Å². The second-order valence-electron chi connectivity index (χ2n) is 6.31. The van der Waals surface area contributed by atoms with Crippen molar-refractivity contribution in [2.75, 3.05) is 27.3 Å². The molecule has 1 aromatic heterocycles. The van der Waals surface area contributed by atoms with Crippen LogP contribution in [-0.2, 0) is 6.18 Å². The first kappa shape index (κ1) is 21.1. The molecule has 9 nitrogen and oxygen atoms in total. The zero-order valence-corrected chi connectivity index (χ0v) is 15.8. The van der Waals surface area contributed by atoms with E-state index in [1.807, 2.05) is 0 Å². The Balaban J connectivity index is 1.72. The molecule has 0 spiro atoms. The fourth-order valence-corrected chi connectivity index (χ4v) is 2.86. The van der Waals surface area contributed by atoms with E-state index in [2.05, 4.69) is 4.98 Å². The Labute approximate surface area is 168 Å². The largest absolute Gasteiger partial charge is 0.493 e. The lowest BCUT2D eigenvalue weighted by atomic mass is 10.1. The minimum atomic E-state index is -4.53. The predicted octanol–water partition coefficient (Wildman–Crippen LogP) is 2.93. The van der Waals surface area contributed by atoms with Crippen molar-refractivity contribution in [3.05, 3.63) is 51.7 Å². The number of halogens is 3. The fourth-order valence-electron chi connectivity index (χ4n) is 2.86. The highest BCUT2D eigenvalue weighted by Gasteiger charge is 2.37. The standard InChI is InChI=1S/C18H16F3N3O6/c1-28-14-6-12(13(24(26)27)7-15(14)29-2)17(25)23-8-11(9-23)30-16-5-10(3-4-22-16)18(19,20)21/h3-7,11H,8-9H2,1-2H3. The van der Waals surface area contributed by atoms with Crippen LogP contribution in [0.2, 0.25) is 0 Å². The molecule has 160 valence electrons. The summed E-state index contributed by atoms with van der Waals surface area (Å²) in [5, 5.41) is 11.4. The lowest BCUT2D eigenvalue weighted by Crippen LogP contribution is -2.56. The number of likely N-dealkylation sites (tertiary alicyclic amines) is 1. The summed E-state index contributed by atoms with van der Waals surface area (Å²) in [6.45, 7) is 0.0600.